The summed E-state index contributed by atoms with van der Waals surface area (Å²) >= 11 is 8.54. The van der Waals surface area contributed by atoms with Crippen molar-refractivity contribution in [3.63, 3.8) is 0 Å². The smallest absolute Gasteiger partial charge is 0.0374 e. The van der Waals surface area contributed by atoms with E-state index in [1.54, 1.807) is 0 Å². The minimum absolute atomic E-state index is 0.469. The van der Waals surface area contributed by atoms with Crippen LogP contribution in [0, 0.1) is 5.92 Å². The first-order valence-corrected chi connectivity index (χ1v) is 5.18. The van der Waals surface area contributed by atoms with Crippen LogP contribution in [0.3, 0.4) is 0 Å². The van der Waals surface area contributed by atoms with E-state index in [1.165, 1.54) is 19.3 Å². The lowest BCUT2D eigenvalue weighted by molar-refractivity contribution is 0.564. The summed E-state index contributed by atoms with van der Waals surface area (Å²) in [7, 11) is 0. The van der Waals surface area contributed by atoms with Gasteiger partial charge in [-0.1, -0.05) is 35.9 Å². The Hall–Kier alpha value is 1.02. The first-order valence-electron chi connectivity index (χ1n) is 3.50. The van der Waals surface area contributed by atoms with Crippen molar-refractivity contribution < 1.29 is 0 Å². The monoisotopic (exact) mass is 258 g/mol. The summed E-state index contributed by atoms with van der Waals surface area (Å²) in [6, 6.07) is 0. The van der Waals surface area contributed by atoms with Crippen molar-refractivity contribution in [1.29, 1.82) is 0 Å². The van der Waals surface area contributed by atoms with Crippen molar-refractivity contribution in [2.24, 2.45) is 5.92 Å². The molecule has 1 saturated carbocycles. The van der Waals surface area contributed by atoms with E-state index in [-0.39, 0.29) is 0 Å². The molecule has 0 spiro atoms. The zero-order valence-corrected chi connectivity index (χ0v) is 8.52. The SMILES string of the molecule is CC(I)[C@H]1CCC[C@@H]1Cl. The molecule has 1 fully saturated rings. The Kier molecular flexibility index (Phi) is 3.09. The molecule has 0 heterocycles. The van der Waals surface area contributed by atoms with Crippen molar-refractivity contribution >= 4 is 34.2 Å². The molecule has 0 aromatic heterocycles. The van der Waals surface area contributed by atoms with E-state index >= 15 is 0 Å². The molecule has 0 radical (unpaired) electrons. The van der Waals surface area contributed by atoms with Gasteiger partial charge < -0.3 is 0 Å². The van der Waals surface area contributed by atoms with Gasteiger partial charge in [0.15, 0.2) is 0 Å². The van der Waals surface area contributed by atoms with Crippen LogP contribution in [0.2, 0.25) is 0 Å². The normalized spacial score (nSPS) is 39.0. The summed E-state index contributed by atoms with van der Waals surface area (Å²) in [4.78, 5) is 0. The molecule has 0 aliphatic heterocycles. The van der Waals surface area contributed by atoms with Gasteiger partial charge in [-0.05, 0) is 18.8 Å². The Morgan fingerprint density at radius 3 is 2.44 bits per heavy atom. The average Bonchev–Trinajstić information content (AvgIpc) is 2.13. The molecule has 54 valence electrons. The standard InChI is InChI=1S/C7H12ClI/c1-5(9)6-3-2-4-7(6)8/h5-7H,2-4H2,1H3/t5?,6-,7+/m1/s1. The largest absolute Gasteiger partial charge is 0.123 e. The minimum atomic E-state index is 0.469. The van der Waals surface area contributed by atoms with Crippen LogP contribution >= 0.6 is 34.2 Å². The summed E-state index contributed by atoms with van der Waals surface area (Å²) in [6.07, 6.45) is 3.92. The molecule has 2 heteroatoms. The van der Waals surface area contributed by atoms with Gasteiger partial charge in [0.1, 0.15) is 0 Å². The van der Waals surface area contributed by atoms with Crippen molar-refractivity contribution in [2.75, 3.05) is 0 Å². The summed E-state index contributed by atoms with van der Waals surface area (Å²) in [5.41, 5.74) is 0. The number of hydrogen-bond donors (Lipinski definition) is 0. The molecule has 0 N–H and O–H groups in total. The van der Waals surface area contributed by atoms with E-state index in [0.717, 1.165) is 9.84 Å². The van der Waals surface area contributed by atoms with Gasteiger partial charge in [-0.25, -0.2) is 0 Å². The first kappa shape index (κ1) is 8.12. The Labute approximate surface area is 75.5 Å². The van der Waals surface area contributed by atoms with Crippen LogP contribution in [0.15, 0.2) is 0 Å². The van der Waals surface area contributed by atoms with Crippen LogP contribution < -0.4 is 0 Å². The second-order valence-corrected chi connectivity index (χ2v) is 5.31. The zero-order chi connectivity index (χ0) is 6.85. The number of alkyl halides is 2. The molecule has 0 aromatic rings. The molecule has 0 saturated heterocycles. The molecule has 9 heavy (non-hydrogen) atoms. The second-order valence-electron chi connectivity index (χ2n) is 2.79. The lowest BCUT2D eigenvalue weighted by Crippen LogP contribution is -2.15. The predicted molar refractivity (Wildman–Crippen MR) is 50.5 cm³/mol. The highest BCUT2D eigenvalue weighted by molar-refractivity contribution is 14.1. The third kappa shape index (κ3) is 1.97. The molecule has 1 unspecified atom stereocenters. The maximum absolute atomic E-state index is 6.07. The first-order chi connectivity index (χ1) is 4.22. The van der Waals surface area contributed by atoms with Gasteiger partial charge in [0.2, 0.25) is 0 Å². The minimum Gasteiger partial charge on any atom is -0.123 e. The van der Waals surface area contributed by atoms with Crippen LogP contribution in [-0.2, 0) is 0 Å². The average molecular weight is 259 g/mol. The van der Waals surface area contributed by atoms with Gasteiger partial charge in [0, 0.05) is 9.30 Å². The van der Waals surface area contributed by atoms with E-state index in [1.807, 2.05) is 0 Å². The zero-order valence-electron chi connectivity index (χ0n) is 5.61. The van der Waals surface area contributed by atoms with Gasteiger partial charge in [-0.15, -0.1) is 11.6 Å². The maximum Gasteiger partial charge on any atom is 0.0374 e. The summed E-state index contributed by atoms with van der Waals surface area (Å²) < 4.78 is 0.757. The summed E-state index contributed by atoms with van der Waals surface area (Å²) in [5, 5.41) is 0.469. The predicted octanol–water partition coefficient (Wildman–Crippen LogP) is 3.22. The Morgan fingerprint density at radius 1 is 1.56 bits per heavy atom. The molecule has 1 aliphatic rings. The van der Waals surface area contributed by atoms with Gasteiger partial charge in [-0.3, -0.25) is 0 Å². The number of hydrogen-bond acceptors (Lipinski definition) is 0. The fourth-order valence-electron chi connectivity index (χ4n) is 1.46. The van der Waals surface area contributed by atoms with E-state index in [9.17, 15) is 0 Å². The summed E-state index contributed by atoms with van der Waals surface area (Å²) in [6.45, 7) is 2.26. The van der Waals surface area contributed by atoms with Crippen LogP contribution in [0.1, 0.15) is 26.2 Å². The van der Waals surface area contributed by atoms with Crippen LogP contribution in [-0.4, -0.2) is 9.30 Å². The number of rotatable bonds is 1. The second kappa shape index (κ2) is 3.42. The Balaban J connectivity index is 2.40. The Bertz CT molecular complexity index is 92.9. The molecule has 0 nitrogen and oxygen atoms in total. The molecule has 0 bridgehead atoms. The molecule has 0 aromatic carbocycles. The fraction of sp³-hybridized carbons (Fsp3) is 1.00. The van der Waals surface area contributed by atoms with E-state index in [4.69, 9.17) is 11.6 Å². The Morgan fingerprint density at radius 2 is 2.22 bits per heavy atom. The van der Waals surface area contributed by atoms with E-state index < -0.39 is 0 Å². The lowest BCUT2D eigenvalue weighted by Gasteiger charge is -2.15. The van der Waals surface area contributed by atoms with Gasteiger partial charge in [-0.2, -0.15) is 0 Å². The topological polar surface area (TPSA) is 0 Å². The van der Waals surface area contributed by atoms with E-state index in [0.29, 0.717) is 5.38 Å². The van der Waals surface area contributed by atoms with Crippen LogP contribution in [0.4, 0.5) is 0 Å². The molecule has 0 amide bonds. The van der Waals surface area contributed by atoms with Crippen molar-refractivity contribution in [1.82, 2.24) is 0 Å². The highest BCUT2D eigenvalue weighted by atomic mass is 127. The molecular weight excluding hydrogens is 246 g/mol. The molecular formula is C7H12ClI. The van der Waals surface area contributed by atoms with Crippen LogP contribution in [0.25, 0.3) is 0 Å². The van der Waals surface area contributed by atoms with Crippen molar-refractivity contribution in [3.8, 4) is 0 Å². The van der Waals surface area contributed by atoms with Crippen LogP contribution in [0.5, 0.6) is 0 Å². The molecule has 1 rings (SSSR count). The van der Waals surface area contributed by atoms with E-state index in [2.05, 4.69) is 29.5 Å². The van der Waals surface area contributed by atoms with Gasteiger partial charge in [0.25, 0.3) is 0 Å². The van der Waals surface area contributed by atoms with Gasteiger partial charge >= 0.3 is 0 Å². The third-order valence-electron chi connectivity index (χ3n) is 2.07. The summed E-state index contributed by atoms with van der Waals surface area (Å²) in [5.74, 6) is 0.785. The van der Waals surface area contributed by atoms with Crippen molar-refractivity contribution in [2.45, 2.75) is 35.5 Å². The third-order valence-corrected chi connectivity index (χ3v) is 3.54. The highest BCUT2D eigenvalue weighted by Crippen LogP contribution is 2.35. The van der Waals surface area contributed by atoms with Crippen molar-refractivity contribution in [3.05, 3.63) is 0 Å². The molecule has 1 aliphatic carbocycles. The lowest BCUT2D eigenvalue weighted by atomic mass is 10.1. The molecule has 3 atom stereocenters. The fourth-order valence-corrected chi connectivity index (χ4v) is 3.07. The number of halogens is 2. The highest BCUT2D eigenvalue weighted by Gasteiger charge is 2.28. The van der Waals surface area contributed by atoms with Gasteiger partial charge in [0.05, 0.1) is 0 Å². The quantitative estimate of drug-likeness (QED) is 0.500. The maximum atomic E-state index is 6.07.